The molecule has 4 atom stereocenters. The van der Waals surface area contributed by atoms with Crippen molar-refractivity contribution < 1.29 is 108 Å². The van der Waals surface area contributed by atoms with Crippen LogP contribution in [-0.2, 0) is 46.7 Å². The number of carboxylic acid groups (broad SMARTS) is 1. The first-order chi connectivity index (χ1) is 30.9. The standard InChI is InChI=1S/C20H21F3O7.C10H9F3O2.C7H8O.C3H3F3O2.C2Cl2O2/c1-10-13(20(21,22)23)6-7-15(25)18(27)14(24)5-3-4-11-8-12(29-2)9-16(26)17(11)19(28)30-10;11-10(12,13)6-9(14)15-7-8-4-2-1-3-5-8;8-6-7-4-2-1-3-5-7;4-3(5,6)1-2(7)8;3-1(5)2(4)6/h3-4,6-10,13-14,18,24,26-27H,5H2,1-2H3;1-5H,6-7H2;1-5,8H,6H2;1H2,(H,7,8);/b4-3+,7-6-;;;;/t10?,13?,14-,18?;;;;/m0..../s1. The second kappa shape index (κ2) is 29.6. The predicted molar refractivity (Wildman–Crippen MR) is 218 cm³/mol. The predicted octanol–water partition coefficient (Wildman–Crippen LogP) is 7.79. The average molecular weight is 1010 g/mol. The van der Waals surface area contributed by atoms with Crippen LogP contribution in [-0.4, -0.2) is 104 Å². The highest BCUT2D eigenvalue weighted by Crippen LogP contribution is 2.34. The van der Waals surface area contributed by atoms with Crippen molar-refractivity contribution in [3.05, 3.63) is 113 Å². The van der Waals surface area contributed by atoms with E-state index in [-0.39, 0.29) is 30.9 Å². The SMILES string of the molecule is COc1cc(O)c2c(c1)/C=C/C[C@H](O)C(O)C(=O)/C=C\C(C(F)(F)F)C(C)OC2=O.O=C(CC(F)(F)F)OCc1ccccc1.O=C(Cl)C(=O)Cl.O=C(O)CC(F)(F)F.OCc1ccccc1. The number of carbonyl (C=O) groups excluding carboxylic acids is 5. The third-order valence-electron chi connectivity index (χ3n) is 7.66. The van der Waals surface area contributed by atoms with Crippen molar-refractivity contribution in [2.45, 2.75) is 76.2 Å². The number of benzene rings is 3. The fraction of sp³-hybridized carbons (Fsp3) is 0.333. The Morgan fingerprint density at radius 2 is 1.30 bits per heavy atom. The van der Waals surface area contributed by atoms with Gasteiger partial charge in [0.25, 0.3) is 0 Å². The van der Waals surface area contributed by atoms with E-state index in [2.05, 4.69) is 27.9 Å². The number of fused-ring (bicyclic) bond motifs is 1. The minimum atomic E-state index is -4.87. The lowest BCUT2D eigenvalue weighted by Crippen LogP contribution is -2.36. The summed E-state index contributed by atoms with van der Waals surface area (Å²) in [7, 11) is 1.31. The third kappa shape index (κ3) is 27.3. The van der Waals surface area contributed by atoms with Crippen LogP contribution in [0.4, 0.5) is 39.5 Å². The number of phenolic OH excluding ortho intramolecular Hbond substituents is 1. The monoisotopic (exact) mass is 1010 g/mol. The number of carboxylic acids is 1. The zero-order valence-corrected chi connectivity index (χ0v) is 36.2. The van der Waals surface area contributed by atoms with Crippen molar-refractivity contribution in [1.82, 2.24) is 0 Å². The Labute approximate surface area is 384 Å². The number of hydrogen-bond donors (Lipinski definition) is 5. The van der Waals surface area contributed by atoms with E-state index in [9.17, 15) is 83.6 Å². The molecule has 1 heterocycles. The molecular weight excluding hydrogens is 970 g/mol. The number of phenols is 1. The number of aliphatic hydroxyl groups is 3. The molecule has 0 aliphatic carbocycles. The van der Waals surface area contributed by atoms with Gasteiger partial charge >= 0.3 is 46.9 Å². The van der Waals surface area contributed by atoms with Gasteiger partial charge in [-0.15, -0.1) is 0 Å². The molecule has 0 saturated heterocycles. The molecule has 67 heavy (non-hydrogen) atoms. The Morgan fingerprint density at radius 1 is 0.791 bits per heavy atom. The molecule has 0 spiro atoms. The third-order valence-corrected chi connectivity index (χ3v) is 8.10. The van der Waals surface area contributed by atoms with Gasteiger partial charge in [-0.1, -0.05) is 78.9 Å². The summed E-state index contributed by atoms with van der Waals surface area (Å²) in [4.78, 5) is 63.3. The molecule has 0 radical (unpaired) electrons. The zero-order chi connectivity index (χ0) is 51.7. The van der Waals surface area contributed by atoms with Gasteiger partial charge in [0.1, 0.15) is 54.6 Å². The number of aliphatic hydroxyl groups excluding tert-OH is 3. The first kappa shape index (κ1) is 61.0. The normalized spacial score (nSPS) is 18.2. The van der Waals surface area contributed by atoms with E-state index in [1.165, 1.54) is 25.3 Å². The fourth-order valence-electron chi connectivity index (χ4n) is 4.58. The number of ether oxygens (including phenoxy) is 3. The number of halogens is 11. The molecule has 1 aliphatic heterocycles. The van der Waals surface area contributed by atoms with E-state index in [1.54, 1.807) is 30.3 Å². The lowest BCUT2D eigenvalue weighted by Gasteiger charge is -2.24. The van der Waals surface area contributed by atoms with Crippen LogP contribution in [0.2, 0.25) is 0 Å². The number of esters is 2. The van der Waals surface area contributed by atoms with Crippen molar-refractivity contribution in [3.63, 3.8) is 0 Å². The highest BCUT2D eigenvalue weighted by Gasteiger charge is 2.44. The van der Waals surface area contributed by atoms with E-state index in [0.29, 0.717) is 17.7 Å². The largest absolute Gasteiger partial charge is 0.507 e. The maximum Gasteiger partial charge on any atom is 0.399 e. The van der Waals surface area contributed by atoms with Gasteiger partial charge in [0, 0.05) is 6.07 Å². The molecule has 5 N–H and O–H groups in total. The van der Waals surface area contributed by atoms with Crippen molar-refractivity contribution in [1.29, 1.82) is 0 Å². The molecule has 370 valence electrons. The van der Waals surface area contributed by atoms with Crippen LogP contribution in [0.1, 0.15) is 53.2 Å². The van der Waals surface area contributed by atoms with E-state index in [1.807, 2.05) is 30.3 Å². The molecule has 4 rings (SSSR count). The van der Waals surface area contributed by atoms with Crippen LogP contribution < -0.4 is 4.74 Å². The van der Waals surface area contributed by atoms with Crippen molar-refractivity contribution in [2.24, 2.45) is 5.92 Å². The maximum absolute atomic E-state index is 13.4. The summed E-state index contributed by atoms with van der Waals surface area (Å²) < 4.78 is 123. The zero-order valence-electron chi connectivity index (χ0n) is 34.7. The van der Waals surface area contributed by atoms with Gasteiger partial charge in [0.2, 0.25) is 0 Å². The van der Waals surface area contributed by atoms with Crippen LogP contribution in [0.3, 0.4) is 0 Å². The second-order valence-electron chi connectivity index (χ2n) is 13.0. The Hall–Kier alpha value is -6.01. The Bertz CT molecular complexity index is 2100. The minimum Gasteiger partial charge on any atom is -0.507 e. The quantitative estimate of drug-likeness (QED) is 0.0659. The molecule has 0 bridgehead atoms. The fourth-order valence-corrected chi connectivity index (χ4v) is 4.58. The van der Waals surface area contributed by atoms with Gasteiger partial charge in [0.05, 0.1) is 19.8 Å². The number of aromatic hydroxyl groups is 1. The van der Waals surface area contributed by atoms with Gasteiger partial charge in [-0.3, -0.25) is 24.0 Å². The van der Waals surface area contributed by atoms with Gasteiger partial charge in [-0.05, 0) is 65.4 Å². The first-order valence-electron chi connectivity index (χ1n) is 18.4. The summed E-state index contributed by atoms with van der Waals surface area (Å²) in [5, 5.41) is 43.8. The smallest absolute Gasteiger partial charge is 0.399 e. The van der Waals surface area contributed by atoms with E-state index < -0.39 is 101 Å². The summed E-state index contributed by atoms with van der Waals surface area (Å²) in [5.74, 6) is -8.23. The van der Waals surface area contributed by atoms with E-state index in [0.717, 1.165) is 18.6 Å². The summed E-state index contributed by atoms with van der Waals surface area (Å²) in [6.07, 6.45) is -19.2. The number of hydrogen-bond acceptors (Lipinski definition) is 13. The maximum atomic E-state index is 13.4. The average Bonchev–Trinajstić information content (AvgIpc) is 3.21. The van der Waals surface area contributed by atoms with Gasteiger partial charge < -0.3 is 39.7 Å². The molecular formula is C42H41Cl2F9O14. The van der Waals surface area contributed by atoms with Crippen LogP contribution in [0, 0.1) is 5.92 Å². The van der Waals surface area contributed by atoms with Gasteiger partial charge in [-0.25, -0.2) is 4.79 Å². The minimum absolute atomic E-state index is 0.0493. The molecule has 1 aliphatic rings. The van der Waals surface area contributed by atoms with Gasteiger partial charge in [-0.2, -0.15) is 39.5 Å². The van der Waals surface area contributed by atoms with Crippen LogP contribution >= 0.6 is 23.2 Å². The molecule has 0 saturated carbocycles. The van der Waals surface area contributed by atoms with Crippen LogP contribution in [0.5, 0.6) is 11.5 Å². The Balaban J connectivity index is 0.000000965. The molecule has 0 fully saturated rings. The topological polar surface area (TPSA) is 231 Å². The first-order valence-corrected chi connectivity index (χ1v) is 19.2. The summed E-state index contributed by atoms with van der Waals surface area (Å²) >= 11 is 8.98. The molecule has 25 heteroatoms. The molecule has 3 aromatic rings. The molecule has 3 unspecified atom stereocenters. The summed E-state index contributed by atoms with van der Waals surface area (Å²) in [6, 6.07) is 20.5. The number of carbonyl (C=O) groups is 6. The highest BCUT2D eigenvalue weighted by molar-refractivity contribution is 6.97. The molecule has 14 nitrogen and oxygen atoms in total. The van der Waals surface area contributed by atoms with Gasteiger partial charge in [0.15, 0.2) is 5.78 Å². The van der Waals surface area contributed by atoms with Crippen molar-refractivity contribution in [2.75, 3.05) is 7.11 Å². The van der Waals surface area contributed by atoms with Crippen LogP contribution in [0.15, 0.2) is 91.0 Å². The Morgan fingerprint density at radius 3 is 1.70 bits per heavy atom. The van der Waals surface area contributed by atoms with Crippen LogP contribution in [0.25, 0.3) is 6.08 Å². The number of cyclic esters (lactones) is 1. The lowest BCUT2D eigenvalue weighted by atomic mass is 9.98. The highest BCUT2D eigenvalue weighted by atomic mass is 35.5. The van der Waals surface area contributed by atoms with Crippen molar-refractivity contribution >= 4 is 63.5 Å². The summed E-state index contributed by atoms with van der Waals surface area (Å²) in [6.45, 7) is 0.995. The second-order valence-corrected chi connectivity index (χ2v) is 13.7. The summed E-state index contributed by atoms with van der Waals surface area (Å²) in [5.41, 5.74) is 1.28. The Kier molecular flexibility index (Phi) is 26.9. The number of ketones is 1. The molecule has 0 aromatic heterocycles. The van der Waals surface area contributed by atoms with E-state index in [4.69, 9.17) is 19.7 Å². The number of alkyl halides is 9. The van der Waals surface area contributed by atoms with Crippen molar-refractivity contribution in [3.8, 4) is 11.5 Å². The number of methoxy groups -OCH3 is 1. The number of rotatable bonds is 7. The number of aliphatic carboxylic acids is 1. The molecule has 0 amide bonds. The molecule has 3 aromatic carbocycles. The lowest BCUT2D eigenvalue weighted by molar-refractivity contribution is -0.182. The van der Waals surface area contributed by atoms with E-state index >= 15 is 0 Å².